The Kier molecular flexibility index (Phi) is 14.2. The number of nitrogens with two attached hydrogens (primary N) is 2. The molecule has 0 spiro atoms. The highest BCUT2D eigenvalue weighted by atomic mass is 16.6. The summed E-state index contributed by atoms with van der Waals surface area (Å²) < 4.78 is 21.7. The summed E-state index contributed by atoms with van der Waals surface area (Å²) in [7, 11) is 0. The minimum Gasteiger partial charge on any atom is -0.490 e. The first kappa shape index (κ1) is 34.1. The van der Waals surface area contributed by atoms with Crippen molar-refractivity contribution in [2.75, 3.05) is 39.5 Å². The number of ether oxygens (including phenoxy) is 4. The molecule has 0 fully saturated rings. The Hall–Kier alpha value is -4.40. The van der Waals surface area contributed by atoms with E-state index in [9.17, 15) is 9.59 Å². The highest BCUT2D eigenvalue weighted by Crippen LogP contribution is 2.32. The van der Waals surface area contributed by atoms with Crippen molar-refractivity contribution >= 4 is 11.9 Å². The van der Waals surface area contributed by atoms with E-state index in [-0.39, 0.29) is 50.7 Å². The average molecular weight is 601 g/mol. The molecule has 0 bridgehead atoms. The summed E-state index contributed by atoms with van der Waals surface area (Å²) in [6, 6.07) is 22.4. The third kappa shape index (κ3) is 10.7. The molecule has 0 amide bonds. The predicted molar refractivity (Wildman–Crippen MR) is 174 cm³/mol. The SMILES string of the molecule is C=C(CN)C(=O)OCCOc1ccc(-c2ccc(-c3ccc(OCCOC(=O)C(=C)CN)cc3)c(CCCCCC)c2)cc1. The van der Waals surface area contributed by atoms with Crippen molar-refractivity contribution in [3.63, 3.8) is 0 Å². The van der Waals surface area contributed by atoms with Gasteiger partial charge in [0.25, 0.3) is 0 Å². The Bertz CT molecular complexity index is 1380. The van der Waals surface area contributed by atoms with Crippen LogP contribution in [0.4, 0.5) is 0 Å². The fraction of sp³-hybridized carbons (Fsp3) is 0.333. The maximum Gasteiger partial charge on any atom is 0.334 e. The molecular weight excluding hydrogens is 556 g/mol. The molecule has 0 aliphatic rings. The molecule has 0 heterocycles. The van der Waals surface area contributed by atoms with Gasteiger partial charge in [0.2, 0.25) is 0 Å². The molecule has 0 saturated heterocycles. The molecule has 8 nitrogen and oxygen atoms in total. The first-order chi connectivity index (χ1) is 21.4. The van der Waals surface area contributed by atoms with Gasteiger partial charge in [-0.05, 0) is 64.9 Å². The van der Waals surface area contributed by atoms with Gasteiger partial charge in [0.1, 0.15) is 37.9 Å². The fourth-order valence-electron chi connectivity index (χ4n) is 4.44. The van der Waals surface area contributed by atoms with Crippen molar-refractivity contribution in [2.24, 2.45) is 11.5 Å². The number of carbonyl (C=O) groups excluding carboxylic acids is 2. The fourth-order valence-corrected chi connectivity index (χ4v) is 4.44. The van der Waals surface area contributed by atoms with E-state index in [1.165, 1.54) is 30.4 Å². The van der Waals surface area contributed by atoms with Crippen LogP contribution in [0.15, 0.2) is 91.0 Å². The Morgan fingerprint density at radius 2 is 1.14 bits per heavy atom. The lowest BCUT2D eigenvalue weighted by atomic mass is 9.92. The van der Waals surface area contributed by atoms with Crippen molar-refractivity contribution in [2.45, 2.75) is 39.0 Å². The molecule has 3 rings (SSSR count). The van der Waals surface area contributed by atoms with Crippen LogP contribution in [-0.4, -0.2) is 51.5 Å². The topological polar surface area (TPSA) is 123 Å². The predicted octanol–water partition coefficient (Wildman–Crippen LogP) is 6.02. The Labute approximate surface area is 260 Å². The van der Waals surface area contributed by atoms with Crippen LogP contribution in [0, 0.1) is 0 Å². The standard InChI is InChI=1S/C36H44N2O6/c1-4-5-6-7-8-31-23-30(28-9-14-32(15-10-28)41-19-21-43-35(39)26(2)24-37)13-18-34(31)29-11-16-33(17-12-29)42-20-22-44-36(40)27(3)25-38/h9-18,23H,2-8,19-22,24-25,37-38H2,1H3. The van der Waals surface area contributed by atoms with Gasteiger partial charge in [-0.2, -0.15) is 0 Å². The molecule has 0 aliphatic heterocycles. The largest absolute Gasteiger partial charge is 0.490 e. The van der Waals surface area contributed by atoms with Crippen molar-refractivity contribution in [1.82, 2.24) is 0 Å². The van der Waals surface area contributed by atoms with Gasteiger partial charge in [-0.1, -0.05) is 81.8 Å². The molecule has 0 atom stereocenters. The van der Waals surface area contributed by atoms with Gasteiger partial charge < -0.3 is 30.4 Å². The summed E-state index contributed by atoms with van der Waals surface area (Å²) >= 11 is 0. The normalized spacial score (nSPS) is 10.6. The maximum absolute atomic E-state index is 11.7. The van der Waals surface area contributed by atoms with Crippen LogP contribution in [0.5, 0.6) is 11.5 Å². The summed E-state index contributed by atoms with van der Waals surface area (Å²) in [6.45, 7) is 10.2. The minimum absolute atomic E-state index is 0.0683. The van der Waals surface area contributed by atoms with E-state index in [0.29, 0.717) is 11.5 Å². The lowest BCUT2D eigenvalue weighted by Crippen LogP contribution is -2.17. The Balaban J connectivity index is 1.65. The molecule has 44 heavy (non-hydrogen) atoms. The molecule has 4 N–H and O–H groups in total. The Morgan fingerprint density at radius 1 is 0.636 bits per heavy atom. The number of carbonyl (C=O) groups is 2. The van der Waals surface area contributed by atoms with Gasteiger partial charge in [-0.25, -0.2) is 9.59 Å². The van der Waals surface area contributed by atoms with E-state index in [1.807, 2.05) is 36.4 Å². The van der Waals surface area contributed by atoms with E-state index in [0.717, 1.165) is 29.5 Å². The second kappa shape index (κ2) is 18.3. The lowest BCUT2D eigenvalue weighted by Gasteiger charge is -2.14. The van der Waals surface area contributed by atoms with Gasteiger partial charge in [-0.15, -0.1) is 0 Å². The van der Waals surface area contributed by atoms with Crippen molar-refractivity contribution in [3.05, 3.63) is 96.6 Å². The molecular formula is C36H44N2O6. The first-order valence-electron chi connectivity index (χ1n) is 15.1. The van der Waals surface area contributed by atoms with Crippen LogP contribution >= 0.6 is 0 Å². The first-order valence-corrected chi connectivity index (χ1v) is 15.1. The zero-order chi connectivity index (χ0) is 31.7. The van der Waals surface area contributed by atoms with Crippen LogP contribution in [0.25, 0.3) is 22.3 Å². The molecule has 0 radical (unpaired) electrons. The second-order valence-electron chi connectivity index (χ2n) is 10.3. The average Bonchev–Trinajstić information content (AvgIpc) is 3.06. The van der Waals surface area contributed by atoms with Gasteiger partial charge in [-0.3, -0.25) is 0 Å². The van der Waals surface area contributed by atoms with Gasteiger partial charge in [0, 0.05) is 24.2 Å². The van der Waals surface area contributed by atoms with E-state index < -0.39 is 11.9 Å². The number of rotatable bonds is 19. The third-order valence-electron chi connectivity index (χ3n) is 7.00. The molecule has 0 aromatic heterocycles. The van der Waals surface area contributed by atoms with Crippen LogP contribution in [0.2, 0.25) is 0 Å². The maximum atomic E-state index is 11.7. The number of unbranched alkanes of at least 4 members (excludes halogenated alkanes) is 3. The molecule has 0 saturated carbocycles. The highest BCUT2D eigenvalue weighted by molar-refractivity contribution is 5.88. The smallest absolute Gasteiger partial charge is 0.334 e. The van der Waals surface area contributed by atoms with Crippen LogP contribution in [0.3, 0.4) is 0 Å². The molecule has 234 valence electrons. The van der Waals surface area contributed by atoms with Crippen LogP contribution < -0.4 is 20.9 Å². The van der Waals surface area contributed by atoms with Gasteiger partial charge in [0.15, 0.2) is 0 Å². The number of aryl methyl sites for hydroxylation is 1. The summed E-state index contributed by atoms with van der Waals surface area (Å²) in [5.41, 5.74) is 17.1. The van der Waals surface area contributed by atoms with Crippen molar-refractivity contribution < 1.29 is 28.5 Å². The zero-order valence-electron chi connectivity index (χ0n) is 25.6. The quantitative estimate of drug-likeness (QED) is 0.0973. The minimum atomic E-state index is -0.504. The van der Waals surface area contributed by atoms with Crippen LogP contribution in [0.1, 0.15) is 38.2 Å². The highest BCUT2D eigenvalue weighted by Gasteiger charge is 2.11. The van der Waals surface area contributed by atoms with Gasteiger partial charge in [0.05, 0.1) is 0 Å². The zero-order valence-corrected chi connectivity index (χ0v) is 25.6. The summed E-state index contributed by atoms with van der Waals surface area (Å²) in [5.74, 6) is 0.386. The molecule has 0 aliphatic carbocycles. The van der Waals surface area contributed by atoms with E-state index in [1.54, 1.807) is 0 Å². The van der Waals surface area contributed by atoms with Gasteiger partial charge >= 0.3 is 11.9 Å². The van der Waals surface area contributed by atoms with Crippen molar-refractivity contribution in [1.29, 1.82) is 0 Å². The summed E-state index contributed by atoms with van der Waals surface area (Å²) in [6.07, 6.45) is 5.71. The van der Waals surface area contributed by atoms with E-state index >= 15 is 0 Å². The summed E-state index contributed by atoms with van der Waals surface area (Å²) in [4.78, 5) is 23.3. The molecule has 3 aromatic carbocycles. The lowest BCUT2D eigenvalue weighted by molar-refractivity contribution is -0.140. The Morgan fingerprint density at radius 3 is 1.64 bits per heavy atom. The van der Waals surface area contributed by atoms with E-state index in [4.69, 9.17) is 30.4 Å². The number of benzene rings is 3. The molecule has 3 aromatic rings. The monoisotopic (exact) mass is 600 g/mol. The number of esters is 2. The molecule has 8 heteroatoms. The second-order valence-corrected chi connectivity index (χ2v) is 10.3. The number of hydrogen-bond acceptors (Lipinski definition) is 8. The summed E-state index contributed by atoms with van der Waals surface area (Å²) in [5, 5.41) is 0. The third-order valence-corrected chi connectivity index (χ3v) is 7.00. The molecule has 0 unspecified atom stereocenters. The van der Waals surface area contributed by atoms with E-state index in [2.05, 4.69) is 50.4 Å². The van der Waals surface area contributed by atoms with Crippen molar-refractivity contribution in [3.8, 4) is 33.8 Å². The van der Waals surface area contributed by atoms with Crippen LogP contribution in [-0.2, 0) is 25.5 Å². The number of hydrogen-bond donors (Lipinski definition) is 2.